The van der Waals surface area contributed by atoms with E-state index in [2.05, 4.69) is 48.7 Å². The second-order valence-corrected chi connectivity index (χ2v) is 16.2. The van der Waals surface area contributed by atoms with Crippen molar-refractivity contribution in [2.45, 2.75) is 78.2 Å². The topological polar surface area (TPSA) is 330 Å². The van der Waals surface area contributed by atoms with Gasteiger partial charge in [-0.1, -0.05) is 38.1 Å². The molecule has 0 aliphatic rings. The van der Waals surface area contributed by atoms with Crippen LogP contribution >= 0.6 is 0 Å². The Bertz CT molecular complexity index is 1730. The largest absolute Gasteiger partial charge is 0.445 e. The predicted molar refractivity (Wildman–Crippen MR) is 260 cm³/mol. The van der Waals surface area contributed by atoms with Gasteiger partial charge in [0.25, 0.3) is 0 Å². The van der Waals surface area contributed by atoms with E-state index in [0.717, 1.165) is 13.0 Å². The number of amides is 6. The Balaban J connectivity index is 1.51. The molecule has 0 aliphatic heterocycles. The molecular weight excluding hydrogens is 949 g/mol. The quantitative estimate of drug-likeness (QED) is 0.0352. The molecule has 9 N–H and O–H groups in total. The molecule has 410 valence electrons. The molecule has 0 saturated carbocycles. The Labute approximate surface area is 422 Å². The molecule has 1 aromatic carbocycles. The molecule has 26 nitrogen and oxygen atoms in total. The van der Waals surface area contributed by atoms with Gasteiger partial charge in [0, 0.05) is 18.8 Å². The van der Waals surface area contributed by atoms with Gasteiger partial charge in [-0.25, -0.2) is 20.2 Å². The summed E-state index contributed by atoms with van der Waals surface area (Å²) in [5, 5.41) is 21.3. The van der Waals surface area contributed by atoms with Gasteiger partial charge in [0.2, 0.25) is 17.7 Å². The monoisotopic (exact) mass is 1030 g/mol. The number of hydrogen-bond acceptors (Lipinski definition) is 19. The first-order valence-electron chi connectivity index (χ1n) is 24.3. The van der Waals surface area contributed by atoms with Crippen molar-refractivity contribution in [3.8, 4) is 0 Å². The first kappa shape index (κ1) is 63.0. The Morgan fingerprint density at radius 1 is 0.653 bits per heavy atom. The van der Waals surface area contributed by atoms with E-state index in [1.807, 2.05) is 13.8 Å². The summed E-state index contributed by atoms with van der Waals surface area (Å²) in [7, 11) is 0. The fourth-order valence-electron chi connectivity index (χ4n) is 6.04. The molecule has 26 heteroatoms. The van der Waals surface area contributed by atoms with Crippen LogP contribution in [0, 0.1) is 5.92 Å². The smallest absolute Gasteiger partial charge is 0.407 e. The lowest BCUT2D eigenvalue weighted by molar-refractivity contribution is -0.133. The highest BCUT2D eigenvalue weighted by molar-refractivity contribution is 5.98. The number of anilines is 1. The van der Waals surface area contributed by atoms with Crippen LogP contribution in [-0.2, 0) is 86.3 Å². The summed E-state index contributed by atoms with van der Waals surface area (Å²) >= 11 is 0. The number of primary amides is 1. The minimum Gasteiger partial charge on any atom is -0.445 e. The molecule has 0 aliphatic carbocycles. The standard InChI is InChI=1S/C46H80N10O16/c1-4-13-62-15-17-64-19-21-66-23-25-68-27-29-70-30-28-69-26-24-67-22-20-65-18-16-63-14-12-56-33-39(54-55-56)32-50-46(61)71-34-37-7-9-38(10-8-37)51-43(58)40(6-5-11-49-45(47)60)53-44(59)41(31-36(2)3)52-42(57)35-72-48/h7-10,33,36,40-41H,4-6,11-32,34-35,48H2,1-3H3,(H,50,61)(H,51,58)(H,52,57)(H,53,59)(H3,47,49,60)/t40-,41-/m0/s1. The zero-order chi connectivity index (χ0) is 52.3. The molecule has 2 aromatic rings. The van der Waals surface area contributed by atoms with Gasteiger partial charge in [0.1, 0.15) is 31.0 Å². The highest BCUT2D eigenvalue weighted by Gasteiger charge is 2.27. The third-order valence-corrected chi connectivity index (χ3v) is 9.56. The summed E-state index contributed by atoms with van der Waals surface area (Å²) in [6, 6.07) is 3.86. The third kappa shape index (κ3) is 34.3. The maximum absolute atomic E-state index is 13.4. The zero-order valence-electron chi connectivity index (χ0n) is 42.2. The zero-order valence-corrected chi connectivity index (χ0v) is 42.2. The first-order valence-corrected chi connectivity index (χ1v) is 24.3. The highest BCUT2D eigenvalue weighted by Crippen LogP contribution is 2.13. The Kier molecular flexibility index (Phi) is 37.1. The van der Waals surface area contributed by atoms with Crippen molar-refractivity contribution in [3.63, 3.8) is 0 Å². The molecule has 72 heavy (non-hydrogen) atoms. The van der Waals surface area contributed by atoms with Crippen LogP contribution in [0.3, 0.4) is 0 Å². The average molecular weight is 1030 g/mol. The van der Waals surface area contributed by atoms with Crippen LogP contribution in [0.5, 0.6) is 0 Å². The van der Waals surface area contributed by atoms with Gasteiger partial charge in [-0.15, -0.1) is 5.10 Å². The molecule has 2 rings (SSSR count). The van der Waals surface area contributed by atoms with Gasteiger partial charge >= 0.3 is 12.1 Å². The molecule has 0 fully saturated rings. The lowest BCUT2D eigenvalue weighted by Gasteiger charge is -2.24. The lowest BCUT2D eigenvalue weighted by Crippen LogP contribution is -2.53. The van der Waals surface area contributed by atoms with Gasteiger partial charge in [-0.3, -0.25) is 19.2 Å². The van der Waals surface area contributed by atoms with Crippen molar-refractivity contribution in [2.75, 3.05) is 137 Å². The molecule has 0 spiro atoms. The Hall–Kier alpha value is -5.13. The fraction of sp³-hybridized carbons (Fsp3) is 0.717. The minimum absolute atomic E-state index is 0.0289. The van der Waals surface area contributed by atoms with Gasteiger partial charge in [-0.2, -0.15) is 0 Å². The van der Waals surface area contributed by atoms with Crippen LogP contribution in [-0.4, -0.2) is 189 Å². The molecule has 0 bridgehead atoms. The van der Waals surface area contributed by atoms with E-state index in [0.29, 0.717) is 142 Å². The number of carbonyl (C=O) groups is 5. The lowest BCUT2D eigenvalue weighted by atomic mass is 10.0. The fourth-order valence-corrected chi connectivity index (χ4v) is 6.04. The molecule has 1 heterocycles. The summed E-state index contributed by atoms with van der Waals surface area (Å²) < 4.78 is 56.3. The van der Waals surface area contributed by atoms with E-state index in [-0.39, 0.29) is 38.5 Å². The number of alkyl carbamates (subject to hydrolysis) is 1. The van der Waals surface area contributed by atoms with E-state index < -0.39 is 48.5 Å². The Morgan fingerprint density at radius 2 is 1.17 bits per heavy atom. The number of nitrogens with two attached hydrogens (primary N) is 2. The number of hydrogen-bond donors (Lipinski definition) is 7. The minimum atomic E-state index is -1.03. The molecule has 0 saturated heterocycles. The van der Waals surface area contributed by atoms with E-state index in [1.165, 1.54) is 0 Å². The number of ether oxygens (including phenoxy) is 10. The van der Waals surface area contributed by atoms with Crippen molar-refractivity contribution in [1.82, 2.24) is 36.3 Å². The van der Waals surface area contributed by atoms with E-state index in [4.69, 9.17) is 59.0 Å². The summed E-state index contributed by atoms with van der Waals surface area (Å²) in [6.07, 6.45) is 2.77. The number of benzene rings is 1. The molecule has 0 unspecified atom stereocenters. The Morgan fingerprint density at radius 3 is 1.65 bits per heavy atom. The number of aromatic nitrogens is 3. The number of carbonyl (C=O) groups excluding carboxylic acids is 5. The van der Waals surface area contributed by atoms with E-state index in [9.17, 15) is 24.0 Å². The van der Waals surface area contributed by atoms with Crippen molar-refractivity contribution >= 4 is 35.5 Å². The molecule has 1 aromatic heterocycles. The first-order chi connectivity index (χ1) is 35.0. The maximum atomic E-state index is 13.4. The predicted octanol–water partition coefficient (Wildman–Crippen LogP) is 0.557. The molecular formula is C46H80N10O16. The van der Waals surface area contributed by atoms with Crippen molar-refractivity contribution in [1.29, 1.82) is 0 Å². The normalized spacial score (nSPS) is 12.1. The van der Waals surface area contributed by atoms with Gasteiger partial charge in [-0.05, 0) is 49.3 Å². The van der Waals surface area contributed by atoms with E-state index >= 15 is 0 Å². The number of rotatable bonds is 46. The summed E-state index contributed by atoms with van der Waals surface area (Å²) in [5.41, 5.74) is 6.73. The second-order valence-electron chi connectivity index (χ2n) is 16.2. The summed E-state index contributed by atoms with van der Waals surface area (Å²) in [5.74, 6) is 3.32. The van der Waals surface area contributed by atoms with Crippen molar-refractivity contribution < 1.29 is 76.2 Å². The number of urea groups is 1. The summed E-state index contributed by atoms with van der Waals surface area (Å²) in [6.45, 7) is 14.9. The average Bonchev–Trinajstić information content (AvgIpc) is 3.82. The SMILES string of the molecule is CCCOCCOCCOCCOCCOCCOCCOCCOCCOCCn1cc(CNC(=O)OCc2ccc(NC(=O)[C@H](CCCNC(N)=O)NC(=O)[C@H](CC(C)C)NC(=O)CON)cc2)nn1. The summed E-state index contributed by atoms with van der Waals surface area (Å²) in [4.78, 5) is 66.7. The third-order valence-electron chi connectivity index (χ3n) is 9.56. The van der Waals surface area contributed by atoms with Crippen LogP contribution < -0.4 is 38.2 Å². The van der Waals surface area contributed by atoms with Crippen molar-refractivity contribution in [3.05, 3.63) is 41.7 Å². The van der Waals surface area contributed by atoms with Crippen LogP contribution in [0.25, 0.3) is 0 Å². The van der Waals surface area contributed by atoms with Crippen molar-refractivity contribution in [2.24, 2.45) is 17.5 Å². The number of nitrogens with one attached hydrogen (secondary N) is 5. The molecule has 2 atom stereocenters. The van der Waals surface area contributed by atoms with Gasteiger partial charge in [0.15, 0.2) is 0 Å². The van der Waals surface area contributed by atoms with Crippen LogP contribution in [0.4, 0.5) is 15.3 Å². The van der Waals surface area contributed by atoms with Gasteiger partial charge < -0.3 is 79.7 Å². The van der Waals surface area contributed by atoms with Gasteiger partial charge in [0.05, 0.1) is 132 Å². The molecule has 6 amide bonds. The van der Waals surface area contributed by atoms with E-state index in [1.54, 1.807) is 35.1 Å². The highest BCUT2D eigenvalue weighted by atomic mass is 16.6. The van der Waals surface area contributed by atoms with Crippen LogP contribution in [0.1, 0.15) is 57.7 Å². The van der Waals surface area contributed by atoms with Crippen LogP contribution in [0.15, 0.2) is 30.5 Å². The maximum Gasteiger partial charge on any atom is 0.407 e. The number of nitrogens with zero attached hydrogens (tertiary/aromatic N) is 3. The molecule has 0 radical (unpaired) electrons. The van der Waals surface area contributed by atoms with Crippen LogP contribution in [0.2, 0.25) is 0 Å². The second kappa shape index (κ2) is 42.4.